The Hall–Kier alpha value is -3.68. The van der Waals surface area contributed by atoms with Gasteiger partial charge in [0, 0.05) is 17.8 Å². The molecular formula is C23H27NO7. The molecule has 0 amide bonds. The van der Waals surface area contributed by atoms with Gasteiger partial charge in [0.15, 0.2) is 28.8 Å². The second kappa shape index (κ2) is 11.5. The summed E-state index contributed by atoms with van der Waals surface area (Å²) in [5.41, 5.74) is 1.18. The van der Waals surface area contributed by atoms with Gasteiger partial charge >= 0.3 is 5.97 Å². The summed E-state index contributed by atoms with van der Waals surface area (Å²) in [5, 5.41) is 3.00. The van der Waals surface area contributed by atoms with E-state index in [0.29, 0.717) is 47.5 Å². The molecule has 8 heteroatoms. The van der Waals surface area contributed by atoms with Crippen LogP contribution in [-0.4, -0.2) is 46.3 Å². The molecule has 0 bridgehead atoms. The molecule has 2 rings (SSSR count). The SMILES string of the molecule is CCOc1cc(C(=O)OC)cc(NC=CC(=O)c2ccc(OC)c(OC)c2)c1OCC. The Balaban J connectivity index is 2.31. The average Bonchev–Trinajstić information content (AvgIpc) is 2.79. The highest BCUT2D eigenvalue weighted by Crippen LogP contribution is 2.37. The van der Waals surface area contributed by atoms with E-state index < -0.39 is 5.97 Å². The summed E-state index contributed by atoms with van der Waals surface area (Å²) in [6, 6.07) is 8.04. The minimum Gasteiger partial charge on any atom is -0.493 e. The van der Waals surface area contributed by atoms with E-state index >= 15 is 0 Å². The van der Waals surface area contributed by atoms with Crippen molar-refractivity contribution in [2.45, 2.75) is 13.8 Å². The highest BCUT2D eigenvalue weighted by atomic mass is 16.5. The second-order valence-electron chi connectivity index (χ2n) is 6.12. The van der Waals surface area contributed by atoms with E-state index in [1.165, 1.54) is 33.6 Å². The third kappa shape index (κ3) is 5.91. The summed E-state index contributed by atoms with van der Waals surface area (Å²) in [4.78, 5) is 24.6. The molecule has 0 unspecified atom stereocenters. The zero-order chi connectivity index (χ0) is 22.8. The molecule has 1 N–H and O–H groups in total. The van der Waals surface area contributed by atoms with Gasteiger partial charge in [-0.25, -0.2) is 4.79 Å². The first-order valence-corrected chi connectivity index (χ1v) is 9.70. The van der Waals surface area contributed by atoms with Crippen LogP contribution in [0.25, 0.3) is 0 Å². The Morgan fingerprint density at radius 1 is 0.871 bits per heavy atom. The Kier molecular flexibility index (Phi) is 8.75. The lowest BCUT2D eigenvalue weighted by Crippen LogP contribution is -2.07. The Bertz CT molecular complexity index is 953. The van der Waals surface area contributed by atoms with Crippen LogP contribution in [0, 0.1) is 0 Å². The molecule has 0 saturated carbocycles. The molecule has 0 aromatic heterocycles. The van der Waals surface area contributed by atoms with E-state index in [1.807, 2.05) is 13.8 Å². The van der Waals surface area contributed by atoms with E-state index in [-0.39, 0.29) is 11.3 Å². The van der Waals surface area contributed by atoms with Crippen LogP contribution in [0.15, 0.2) is 42.6 Å². The number of anilines is 1. The highest BCUT2D eigenvalue weighted by Gasteiger charge is 2.17. The number of benzene rings is 2. The number of allylic oxidation sites excluding steroid dienone is 1. The van der Waals surface area contributed by atoms with Gasteiger partial charge in [-0.05, 0) is 44.2 Å². The fourth-order valence-corrected chi connectivity index (χ4v) is 2.79. The van der Waals surface area contributed by atoms with E-state index in [0.717, 1.165) is 0 Å². The maximum absolute atomic E-state index is 12.6. The zero-order valence-corrected chi connectivity index (χ0v) is 18.3. The van der Waals surface area contributed by atoms with Crippen LogP contribution in [-0.2, 0) is 4.74 Å². The first-order valence-electron chi connectivity index (χ1n) is 9.70. The minimum absolute atomic E-state index is 0.249. The topological polar surface area (TPSA) is 92.3 Å². The number of ketones is 1. The number of hydrogen-bond donors (Lipinski definition) is 1. The molecule has 2 aromatic rings. The van der Waals surface area contributed by atoms with Crippen molar-refractivity contribution in [2.24, 2.45) is 0 Å². The number of carbonyl (C=O) groups is 2. The number of ether oxygens (including phenoxy) is 5. The number of esters is 1. The minimum atomic E-state index is -0.516. The van der Waals surface area contributed by atoms with Crippen molar-refractivity contribution in [3.05, 3.63) is 53.7 Å². The van der Waals surface area contributed by atoms with Crippen molar-refractivity contribution in [1.82, 2.24) is 0 Å². The molecule has 0 fully saturated rings. The van der Waals surface area contributed by atoms with E-state index in [2.05, 4.69) is 5.32 Å². The number of methoxy groups -OCH3 is 3. The molecule has 31 heavy (non-hydrogen) atoms. The van der Waals surface area contributed by atoms with Crippen LogP contribution >= 0.6 is 0 Å². The second-order valence-corrected chi connectivity index (χ2v) is 6.12. The molecule has 2 aromatic carbocycles. The summed E-state index contributed by atoms with van der Waals surface area (Å²) in [7, 11) is 4.33. The van der Waals surface area contributed by atoms with Crippen molar-refractivity contribution < 1.29 is 33.3 Å². The summed E-state index contributed by atoms with van der Waals surface area (Å²) >= 11 is 0. The Morgan fingerprint density at radius 3 is 2.16 bits per heavy atom. The van der Waals surface area contributed by atoms with Crippen LogP contribution in [0.4, 0.5) is 5.69 Å². The molecule has 0 aliphatic heterocycles. The van der Waals surface area contributed by atoms with Crippen molar-refractivity contribution in [2.75, 3.05) is 39.9 Å². The fraction of sp³-hybridized carbons (Fsp3) is 0.304. The van der Waals surface area contributed by atoms with Gasteiger partial charge in [0.1, 0.15) is 0 Å². The molecule has 0 radical (unpaired) electrons. The monoisotopic (exact) mass is 429 g/mol. The summed E-state index contributed by atoms with van der Waals surface area (Å²) < 4.78 is 26.5. The van der Waals surface area contributed by atoms with Crippen molar-refractivity contribution >= 4 is 17.4 Å². The molecule has 0 atom stereocenters. The van der Waals surface area contributed by atoms with Crippen molar-refractivity contribution in [1.29, 1.82) is 0 Å². The first-order chi connectivity index (χ1) is 15.0. The third-order valence-electron chi connectivity index (χ3n) is 4.21. The molecular weight excluding hydrogens is 402 g/mol. The fourth-order valence-electron chi connectivity index (χ4n) is 2.79. The Morgan fingerprint density at radius 2 is 1.55 bits per heavy atom. The summed E-state index contributed by atoms with van der Waals surface area (Å²) in [6.45, 7) is 4.44. The van der Waals surface area contributed by atoms with Crippen LogP contribution in [0.2, 0.25) is 0 Å². The molecule has 0 saturated heterocycles. The smallest absolute Gasteiger partial charge is 0.338 e. The van der Waals surface area contributed by atoms with Gasteiger partial charge in [-0.2, -0.15) is 0 Å². The van der Waals surface area contributed by atoms with Gasteiger partial charge in [0.25, 0.3) is 0 Å². The largest absolute Gasteiger partial charge is 0.493 e. The van der Waals surface area contributed by atoms with Crippen molar-refractivity contribution in [3.63, 3.8) is 0 Å². The normalized spacial score (nSPS) is 10.5. The maximum Gasteiger partial charge on any atom is 0.338 e. The standard InChI is InChI=1S/C23H27NO7/c1-6-30-21-14-16(23(26)29-5)12-17(22(21)31-7-2)24-11-10-18(25)15-8-9-19(27-3)20(13-15)28-4/h8-14,24H,6-7H2,1-5H3. The number of nitrogens with one attached hydrogen (secondary N) is 1. The molecule has 0 heterocycles. The average molecular weight is 429 g/mol. The van der Waals surface area contributed by atoms with Crippen LogP contribution in [0.1, 0.15) is 34.6 Å². The van der Waals surface area contributed by atoms with Crippen LogP contribution in [0.5, 0.6) is 23.0 Å². The molecule has 0 aliphatic rings. The lowest BCUT2D eigenvalue weighted by molar-refractivity contribution is 0.0600. The maximum atomic E-state index is 12.6. The molecule has 166 valence electrons. The summed E-state index contributed by atoms with van der Waals surface area (Å²) in [6.07, 6.45) is 2.83. The number of hydrogen-bond acceptors (Lipinski definition) is 8. The van der Waals surface area contributed by atoms with E-state index in [9.17, 15) is 9.59 Å². The molecule has 0 spiro atoms. The molecule has 0 aliphatic carbocycles. The summed E-state index contributed by atoms with van der Waals surface area (Å²) in [5.74, 6) is 1.05. The first kappa shape index (κ1) is 23.6. The third-order valence-corrected chi connectivity index (χ3v) is 4.21. The number of carbonyl (C=O) groups excluding carboxylic acids is 2. The van der Waals surface area contributed by atoms with Crippen LogP contribution < -0.4 is 24.3 Å². The van der Waals surface area contributed by atoms with E-state index in [1.54, 1.807) is 30.3 Å². The van der Waals surface area contributed by atoms with Gasteiger partial charge < -0.3 is 29.0 Å². The van der Waals surface area contributed by atoms with Gasteiger partial charge in [-0.1, -0.05) is 0 Å². The predicted molar refractivity (Wildman–Crippen MR) is 117 cm³/mol. The van der Waals surface area contributed by atoms with Crippen molar-refractivity contribution in [3.8, 4) is 23.0 Å². The predicted octanol–water partition coefficient (Wildman–Crippen LogP) is 4.10. The lowest BCUT2D eigenvalue weighted by Gasteiger charge is -2.16. The highest BCUT2D eigenvalue weighted by molar-refractivity contribution is 6.05. The van der Waals surface area contributed by atoms with Gasteiger partial charge in [-0.3, -0.25) is 4.79 Å². The molecule has 8 nitrogen and oxygen atoms in total. The zero-order valence-electron chi connectivity index (χ0n) is 18.3. The van der Waals surface area contributed by atoms with E-state index in [4.69, 9.17) is 23.7 Å². The van der Waals surface area contributed by atoms with Gasteiger partial charge in [-0.15, -0.1) is 0 Å². The van der Waals surface area contributed by atoms with Gasteiger partial charge in [0.05, 0.1) is 45.8 Å². The number of rotatable bonds is 11. The lowest BCUT2D eigenvalue weighted by atomic mass is 10.1. The Labute approximate surface area is 181 Å². The quantitative estimate of drug-likeness (QED) is 0.324. The van der Waals surface area contributed by atoms with Crippen LogP contribution in [0.3, 0.4) is 0 Å². The van der Waals surface area contributed by atoms with Gasteiger partial charge in [0.2, 0.25) is 0 Å².